The number of aromatic nitrogens is 1. The van der Waals surface area contributed by atoms with E-state index >= 15 is 0 Å². The van der Waals surface area contributed by atoms with E-state index in [0.29, 0.717) is 6.54 Å². The number of fused-ring (bicyclic) bond motifs is 1. The lowest BCUT2D eigenvalue weighted by atomic mass is 9.97. The van der Waals surface area contributed by atoms with Crippen molar-refractivity contribution in [2.75, 3.05) is 6.54 Å². The molecule has 5 aromatic rings. The SMILES string of the molecule is NCCc1c(CCCc2ccccc2)c2cc(Cl)ccc2n1C(c1ccccc1)c1ccccc1. The van der Waals surface area contributed by atoms with Gasteiger partial charge in [0.25, 0.3) is 0 Å². The van der Waals surface area contributed by atoms with Crippen LogP contribution < -0.4 is 5.73 Å². The van der Waals surface area contributed by atoms with Gasteiger partial charge in [0, 0.05) is 28.0 Å². The molecule has 0 unspecified atom stereocenters. The Morgan fingerprint density at radius 3 is 1.89 bits per heavy atom. The summed E-state index contributed by atoms with van der Waals surface area (Å²) in [4.78, 5) is 0. The van der Waals surface area contributed by atoms with Crippen LogP contribution >= 0.6 is 11.6 Å². The number of nitrogens with zero attached hydrogens (tertiary/aromatic N) is 1. The highest BCUT2D eigenvalue weighted by Gasteiger charge is 2.25. The van der Waals surface area contributed by atoms with Gasteiger partial charge < -0.3 is 10.3 Å². The first-order valence-electron chi connectivity index (χ1n) is 12.4. The quantitative estimate of drug-likeness (QED) is 0.232. The Bertz CT molecular complexity index is 1340. The highest BCUT2D eigenvalue weighted by molar-refractivity contribution is 6.31. The van der Waals surface area contributed by atoms with Gasteiger partial charge in [-0.05, 0) is 66.3 Å². The van der Waals surface area contributed by atoms with Crippen LogP contribution in [-0.4, -0.2) is 11.1 Å². The zero-order valence-corrected chi connectivity index (χ0v) is 20.7. The van der Waals surface area contributed by atoms with Gasteiger partial charge in [-0.1, -0.05) is 103 Å². The van der Waals surface area contributed by atoms with E-state index in [4.69, 9.17) is 17.3 Å². The highest BCUT2D eigenvalue weighted by atomic mass is 35.5. The third-order valence-electron chi connectivity index (χ3n) is 6.79. The summed E-state index contributed by atoms with van der Waals surface area (Å²) in [6.07, 6.45) is 3.94. The molecule has 0 atom stereocenters. The van der Waals surface area contributed by atoms with Crippen LogP contribution in [0.2, 0.25) is 5.02 Å². The molecule has 3 heteroatoms. The normalized spacial score (nSPS) is 11.4. The molecule has 0 amide bonds. The number of benzene rings is 4. The second kappa shape index (κ2) is 10.9. The van der Waals surface area contributed by atoms with Crippen LogP contribution in [-0.2, 0) is 19.3 Å². The van der Waals surface area contributed by atoms with Gasteiger partial charge in [0.2, 0.25) is 0 Å². The van der Waals surface area contributed by atoms with Gasteiger partial charge in [-0.15, -0.1) is 0 Å². The molecule has 0 saturated carbocycles. The zero-order valence-electron chi connectivity index (χ0n) is 19.9. The summed E-state index contributed by atoms with van der Waals surface area (Å²) in [5.74, 6) is 0. The summed E-state index contributed by atoms with van der Waals surface area (Å²) in [6, 6.07) is 38.6. The highest BCUT2D eigenvalue weighted by Crippen LogP contribution is 2.38. The molecule has 0 bridgehead atoms. The maximum atomic E-state index is 6.54. The molecular formula is C32H31ClN2. The zero-order chi connectivity index (χ0) is 24.0. The molecule has 1 aromatic heterocycles. The molecule has 35 heavy (non-hydrogen) atoms. The molecule has 0 aliphatic heterocycles. The summed E-state index contributed by atoms with van der Waals surface area (Å²) in [7, 11) is 0. The van der Waals surface area contributed by atoms with Crippen LogP contribution in [0, 0.1) is 0 Å². The first kappa shape index (κ1) is 23.4. The Morgan fingerprint density at radius 2 is 1.29 bits per heavy atom. The van der Waals surface area contributed by atoms with Crippen molar-refractivity contribution < 1.29 is 0 Å². The van der Waals surface area contributed by atoms with E-state index in [1.54, 1.807) is 0 Å². The van der Waals surface area contributed by atoms with Crippen molar-refractivity contribution in [3.05, 3.63) is 142 Å². The number of halogens is 1. The summed E-state index contributed by atoms with van der Waals surface area (Å²) in [5, 5.41) is 2.01. The molecule has 0 aliphatic carbocycles. The number of aryl methyl sites for hydroxylation is 2. The van der Waals surface area contributed by atoms with Crippen molar-refractivity contribution in [2.24, 2.45) is 5.73 Å². The van der Waals surface area contributed by atoms with Gasteiger partial charge >= 0.3 is 0 Å². The summed E-state index contributed by atoms with van der Waals surface area (Å²) >= 11 is 6.54. The molecule has 1 heterocycles. The standard InChI is InChI=1S/C32H31ClN2/c33-27-19-20-30-29(23-27)28(18-10-13-24-11-4-1-5-12-24)31(21-22-34)35(30)32(25-14-6-2-7-15-25)26-16-8-3-9-17-26/h1-9,11-12,14-17,19-20,23,32H,10,13,18,21-22,34H2. The largest absolute Gasteiger partial charge is 0.333 e. The molecule has 0 saturated heterocycles. The topological polar surface area (TPSA) is 30.9 Å². The Morgan fingerprint density at radius 1 is 0.686 bits per heavy atom. The van der Waals surface area contributed by atoms with Crippen LogP contribution in [0.4, 0.5) is 0 Å². The van der Waals surface area contributed by atoms with Crippen LogP contribution in [0.1, 0.15) is 40.4 Å². The smallest absolute Gasteiger partial charge is 0.0842 e. The summed E-state index contributed by atoms with van der Waals surface area (Å²) < 4.78 is 2.51. The molecule has 2 N–H and O–H groups in total. The number of rotatable bonds is 9. The van der Waals surface area contributed by atoms with Crippen LogP contribution in [0.15, 0.2) is 109 Å². The van der Waals surface area contributed by atoms with E-state index in [1.165, 1.54) is 38.9 Å². The van der Waals surface area contributed by atoms with E-state index in [0.717, 1.165) is 30.7 Å². The van der Waals surface area contributed by atoms with Gasteiger partial charge in [0.05, 0.1) is 6.04 Å². The van der Waals surface area contributed by atoms with Gasteiger partial charge in [0.15, 0.2) is 0 Å². The fourth-order valence-electron chi connectivity index (χ4n) is 5.26. The van der Waals surface area contributed by atoms with Gasteiger partial charge in [0.1, 0.15) is 0 Å². The molecule has 2 nitrogen and oxygen atoms in total. The maximum Gasteiger partial charge on any atom is 0.0842 e. The minimum atomic E-state index is 0.0606. The monoisotopic (exact) mass is 478 g/mol. The fourth-order valence-corrected chi connectivity index (χ4v) is 5.44. The minimum Gasteiger partial charge on any atom is -0.333 e. The Kier molecular flexibility index (Phi) is 7.32. The lowest BCUT2D eigenvalue weighted by Crippen LogP contribution is -2.18. The molecular weight excluding hydrogens is 448 g/mol. The number of nitrogens with two attached hydrogens (primary N) is 1. The predicted octanol–water partition coefficient (Wildman–Crippen LogP) is 7.61. The Hall–Kier alpha value is -3.33. The van der Waals surface area contributed by atoms with E-state index in [9.17, 15) is 0 Å². The van der Waals surface area contributed by atoms with Gasteiger partial charge in [-0.3, -0.25) is 0 Å². The van der Waals surface area contributed by atoms with E-state index in [2.05, 4.69) is 108 Å². The van der Waals surface area contributed by atoms with Crippen molar-refractivity contribution in [3.63, 3.8) is 0 Å². The Balaban J connectivity index is 1.67. The van der Waals surface area contributed by atoms with Crippen LogP contribution in [0.3, 0.4) is 0 Å². The minimum absolute atomic E-state index is 0.0606. The molecule has 176 valence electrons. The fraction of sp³-hybridized carbons (Fsp3) is 0.188. The van der Waals surface area contributed by atoms with Crippen LogP contribution in [0.5, 0.6) is 0 Å². The molecule has 0 aliphatic rings. The van der Waals surface area contributed by atoms with Gasteiger partial charge in [-0.2, -0.15) is 0 Å². The number of hydrogen-bond donors (Lipinski definition) is 1. The average molecular weight is 479 g/mol. The first-order valence-corrected chi connectivity index (χ1v) is 12.8. The van der Waals surface area contributed by atoms with Crippen LogP contribution in [0.25, 0.3) is 10.9 Å². The average Bonchev–Trinajstić information content (AvgIpc) is 3.18. The van der Waals surface area contributed by atoms with Crippen molar-refractivity contribution in [1.82, 2.24) is 4.57 Å². The molecule has 0 radical (unpaired) electrons. The maximum absolute atomic E-state index is 6.54. The second-order valence-electron chi connectivity index (χ2n) is 9.06. The number of hydrogen-bond acceptors (Lipinski definition) is 1. The van der Waals surface area contributed by atoms with Crippen molar-refractivity contribution >= 4 is 22.5 Å². The lowest BCUT2D eigenvalue weighted by molar-refractivity contribution is 0.654. The second-order valence-corrected chi connectivity index (χ2v) is 9.49. The van der Waals surface area contributed by atoms with E-state index in [1.807, 2.05) is 6.07 Å². The van der Waals surface area contributed by atoms with Gasteiger partial charge in [-0.25, -0.2) is 0 Å². The molecule has 4 aromatic carbocycles. The van der Waals surface area contributed by atoms with Crippen molar-refractivity contribution in [2.45, 2.75) is 31.7 Å². The summed E-state index contributed by atoms with van der Waals surface area (Å²) in [5.41, 5.74) is 14.0. The molecule has 5 rings (SSSR count). The summed E-state index contributed by atoms with van der Waals surface area (Å²) in [6.45, 7) is 0.603. The van der Waals surface area contributed by atoms with Crippen molar-refractivity contribution in [1.29, 1.82) is 0 Å². The molecule has 0 spiro atoms. The first-order chi connectivity index (χ1) is 17.3. The third-order valence-corrected chi connectivity index (χ3v) is 7.02. The predicted molar refractivity (Wildman–Crippen MR) is 148 cm³/mol. The third kappa shape index (κ3) is 5.05. The molecule has 0 fully saturated rings. The van der Waals surface area contributed by atoms with E-state index < -0.39 is 0 Å². The Labute approximate surface area is 213 Å². The van der Waals surface area contributed by atoms with E-state index in [-0.39, 0.29) is 6.04 Å². The van der Waals surface area contributed by atoms with Crippen molar-refractivity contribution in [3.8, 4) is 0 Å². The lowest BCUT2D eigenvalue weighted by Gasteiger charge is -2.25.